The number of hydrogen-bond donors (Lipinski definition) is 1. The smallest absolute Gasteiger partial charge is 0.272 e. The van der Waals surface area contributed by atoms with Crippen molar-refractivity contribution in [3.05, 3.63) is 42.2 Å². The summed E-state index contributed by atoms with van der Waals surface area (Å²) < 4.78 is 7.51. The number of aromatic nitrogens is 3. The van der Waals surface area contributed by atoms with Crippen molar-refractivity contribution in [1.82, 2.24) is 14.6 Å². The summed E-state index contributed by atoms with van der Waals surface area (Å²) in [5, 5.41) is 16.9. The highest BCUT2D eigenvalue weighted by Crippen LogP contribution is 2.29. The third-order valence-corrected chi connectivity index (χ3v) is 4.46. The zero-order valence-corrected chi connectivity index (χ0v) is 14.1. The highest BCUT2D eigenvalue weighted by molar-refractivity contribution is 6.67. The van der Waals surface area contributed by atoms with Crippen LogP contribution in [0.2, 0.25) is 12.6 Å². The molecule has 3 aromatic rings. The lowest BCUT2D eigenvalue weighted by Crippen LogP contribution is -2.19. The SMILES string of the molecule is N#CB1CCNc2ccn3ncc(c3n2)-c2cc(C=O)cc(c2)OCC1. The predicted octanol–water partition coefficient (Wildman–Crippen LogP) is 2.57. The molecule has 0 amide bonds. The normalized spacial score (nSPS) is 14.2. The fraction of sp³-hybridized carbons (Fsp3) is 0.222. The zero-order valence-electron chi connectivity index (χ0n) is 14.1. The van der Waals surface area contributed by atoms with Crippen LogP contribution in [0.4, 0.5) is 5.82 Å². The van der Waals surface area contributed by atoms with E-state index in [0.717, 1.165) is 23.2 Å². The van der Waals surface area contributed by atoms with Gasteiger partial charge in [-0.3, -0.25) is 4.79 Å². The van der Waals surface area contributed by atoms with Gasteiger partial charge in [0, 0.05) is 29.8 Å². The van der Waals surface area contributed by atoms with E-state index in [2.05, 4.69) is 21.4 Å². The summed E-state index contributed by atoms with van der Waals surface area (Å²) >= 11 is 0. The van der Waals surface area contributed by atoms with Crippen LogP contribution < -0.4 is 10.1 Å². The van der Waals surface area contributed by atoms with Gasteiger partial charge in [0.15, 0.2) is 5.65 Å². The van der Waals surface area contributed by atoms with Crippen LogP contribution in [0, 0.1) is 11.2 Å². The topological polar surface area (TPSA) is 92.3 Å². The quantitative estimate of drug-likeness (QED) is 0.538. The van der Waals surface area contributed by atoms with Gasteiger partial charge in [-0.25, -0.2) is 14.8 Å². The number of hydrogen-bond acceptors (Lipinski definition) is 6. The Morgan fingerprint density at radius 2 is 2.27 bits per heavy atom. The number of anilines is 1. The van der Waals surface area contributed by atoms with Crippen LogP contribution >= 0.6 is 0 Å². The van der Waals surface area contributed by atoms with Crippen LogP contribution in [-0.4, -0.2) is 40.7 Å². The molecule has 0 fully saturated rings. The van der Waals surface area contributed by atoms with Crippen LogP contribution in [0.5, 0.6) is 5.75 Å². The number of fused-ring (bicyclic) bond motifs is 4. The Hall–Kier alpha value is -3.34. The molecule has 0 unspecified atom stereocenters. The van der Waals surface area contributed by atoms with E-state index in [1.165, 1.54) is 0 Å². The van der Waals surface area contributed by atoms with E-state index in [1.54, 1.807) is 22.8 Å². The van der Waals surface area contributed by atoms with Gasteiger partial charge in [0.25, 0.3) is 6.71 Å². The molecule has 1 N–H and O–H groups in total. The number of aldehydes is 1. The summed E-state index contributed by atoms with van der Waals surface area (Å²) in [5.41, 5.74) is 2.86. The molecule has 0 atom stereocenters. The lowest BCUT2D eigenvalue weighted by Gasteiger charge is -2.12. The molecule has 0 spiro atoms. The van der Waals surface area contributed by atoms with Gasteiger partial charge in [-0.1, -0.05) is 0 Å². The maximum atomic E-state index is 11.3. The number of benzene rings is 1. The maximum absolute atomic E-state index is 11.3. The molecule has 0 saturated carbocycles. The molecule has 1 aromatic carbocycles. The number of nitrogens with one attached hydrogen (secondary N) is 1. The Morgan fingerprint density at radius 1 is 1.35 bits per heavy atom. The number of carbonyl (C=O) groups excluding carboxylic acids is 1. The lowest BCUT2D eigenvalue weighted by molar-refractivity contribution is 0.112. The molecule has 1 aliphatic heterocycles. The number of rotatable bonds is 1. The van der Waals surface area contributed by atoms with Crippen LogP contribution in [-0.2, 0) is 0 Å². The Morgan fingerprint density at radius 3 is 3.12 bits per heavy atom. The molecule has 0 saturated heterocycles. The van der Waals surface area contributed by atoms with Crippen molar-refractivity contribution < 1.29 is 9.53 Å². The minimum Gasteiger partial charge on any atom is -0.494 e. The Balaban J connectivity index is 1.84. The predicted molar refractivity (Wildman–Crippen MR) is 98.8 cm³/mol. The van der Waals surface area contributed by atoms with Gasteiger partial charge in [-0.05, 0) is 42.5 Å². The summed E-state index contributed by atoms with van der Waals surface area (Å²) in [4.78, 5) is 16.0. The number of carbonyl (C=O) groups is 1. The second kappa shape index (κ2) is 6.88. The van der Waals surface area contributed by atoms with Crippen molar-refractivity contribution >= 4 is 24.5 Å². The largest absolute Gasteiger partial charge is 0.494 e. The van der Waals surface area contributed by atoms with Gasteiger partial charge in [-0.2, -0.15) is 5.10 Å². The van der Waals surface area contributed by atoms with E-state index < -0.39 is 0 Å². The molecule has 7 nitrogen and oxygen atoms in total. The summed E-state index contributed by atoms with van der Waals surface area (Å²) in [7, 11) is 0. The average molecular weight is 345 g/mol. The fourth-order valence-corrected chi connectivity index (χ4v) is 3.07. The van der Waals surface area contributed by atoms with E-state index in [4.69, 9.17) is 4.74 Å². The van der Waals surface area contributed by atoms with Crippen LogP contribution in [0.1, 0.15) is 10.4 Å². The van der Waals surface area contributed by atoms with Crippen molar-refractivity contribution in [3.8, 4) is 22.8 Å². The first-order chi connectivity index (χ1) is 12.8. The molecule has 1 aliphatic rings. The van der Waals surface area contributed by atoms with E-state index >= 15 is 0 Å². The number of ether oxygens (including phenoxy) is 1. The second-order valence-electron chi connectivity index (χ2n) is 6.23. The fourth-order valence-electron chi connectivity index (χ4n) is 3.07. The summed E-state index contributed by atoms with van der Waals surface area (Å²) in [6, 6.07) is 7.23. The van der Waals surface area contributed by atoms with Crippen molar-refractivity contribution in [2.75, 3.05) is 18.5 Å². The summed E-state index contributed by atoms with van der Waals surface area (Å²) in [6.07, 6.45) is 5.70. The first kappa shape index (κ1) is 16.2. The molecule has 26 heavy (non-hydrogen) atoms. The number of nitrogens with zero attached hydrogens (tertiary/aromatic N) is 4. The lowest BCUT2D eigenvalue weighted by atomic mass is 9.46. The molecule has 0 radical (unpaired) electrons. The minimum atomic E-state index is -0.103. The van der Waals surface area contributed by atoms with Gasteiger partial charge >= 0.3 is 0 Å². The third-order valence-electron chi connectivity index (χ3n) is 4.46. The van der Waals surface area contributed by atoms with Gasteiger partial charge < -0.3 is 10.1 Å². The van der Waals surface area contributed by atoms with Gasteiger partial charge in [0.1, 0.15) is 17.9 Å². The van der Waals surface area contributed by atoms with Crippen molar-refractivity contribution in [2.24, 2.45) is 0 Å². The molecular formula is C18H16BN5O2. The van der Waals surface area contributed by atoms with Crippen molar-refractivity contribution in [2.45, 2.75) is 12.6 Å². The Bertz CT molecular complexity index is 1010. The first-order valence-corrected chi connectivity index (χ1v) is 8.48. The van der Waals surface area contributed by atoms with E-state index in [9.17, 15) is 10.1 Å². The summed E-state index contributed by atoms with van der Waals surface area (Å²) in [6.45, 7) is 0.978. The molecule has 128 valence electrons. The van der Waals surface area contributed by atoms with Crippen LogP contribution in [0.15, 0.2) is 36.7 Å². The molecular weight excluding hydrogens is 329 g/mol. The highest BCUT2D eigenvalue weighted by atomic mass is 16.5. The number of nitriles is 1. The van der Waals surface area contributed by atoms with Gasteiger partial charge in [0.2, 0.25) is 0 Å². The van der Waals surface area contributed by atoms with Crippen LogP contribution in [0.25, 0.3) is 16.8 Å². The van der Waals surface area contributed by atoms with Crippen molar-refractivity contribution in [1.29, 1.82) is 5.26 Å². The summed E-state index contributed by atoms with van der Waals surface area (Å²) in [5.74, 6) is 3.66. The van der Waals surface area contributed by atoms with Gasteiger partial charge in [-0.15, -0.1) is 0 Å². The molecule has 3 heterocycles. The first-order valence-electron chi connectivity index (χ1n) is 8.48. The second-order valence-corrected chi connectivity index (χ2v) is 6.23. The maximum Gasteiger partial charge on any atom is 0.272 e. The highest BCUT2D eigenvalue weighted by Gasteiger charge is 2.16. The molecule has 8 heteroatoms. The monoisotopic (exact) mass is 345 g/mol. The Labute approximate surface area is 150 Å². The molecule has 4 bridgehead atoms. The van der Waals surface area contributed by atoms with E-state index in [1.807, 2.05) is 18.3 Å². The molecule has 2 aromatic heterocycles. The van der Waals surface area contributed by atoms with Crippen molar-refractivity contribution in [3.63, 3.8) is 0 Å². The minimum absolute atomic E-state index is 0.103. The third kappa shape index (κ3) is 3.11. The molecule has 0 aliphatic carbocycles. The molecule has 4 rings (SSSR count). The van der Waals surface area contributed by atoms with E-state index in [0.29, 0.717) is 42.8 Å². The van der Waals surface area contributed by atoms with E-state index in [-0.39, 0.29) is 6.71 Å². The van der Waals surface area contributed by atoms with Crippen LogP contribution in [0.3, 0.4) is 0 Å². The average Bonchev–Trinajstić information content (AvgIpc) is 3.09. The van der Waals surface area contributed by atoms with Gasteiger partial charge in [0.05, 0.1) is 12.8 Å². The Kier molecular flexibility index (Phi) is 4.28. The standard InChI is InChI=1S/C18H16BN5O2/c20-12-19-2-4-21-17-1-5-24-18(23-17)16(10-22-24)14-7-13(11-25)8-15(9-14)26-6-3-19/h1,5,7-11H,2-4,6H2,(H,21,23). The zero-order chi connectivity index (χ0) is 17.9.